The van der Waals surface area contributed by atoms with Crippen molar-refractivity contribution in [1.29, 1.82) is 0 Å². The predicted molar refractivity (Wildman–Crippen MR) is 137 cm³/mol. The number of fused-ring (bicyclic) bond motifs is 2. The highest BCUT2D eigenvalue weighted by atomic mass is 32.2. The van der Waals surface area contributed by atoms with Crippen LogP contribution in [0.25, 0.3) is 0 Å². The second-order valence-electron chi connectivity index (χ2n) is 8.43. The summed E-state index contributed by atoms with van der Waals surface area (Å²) in [5.41, 5.74) is 3.33. The molecule has 6 heteroatoms. The Morgan fingerprint density at radius 1 is 0.818 bits per heavy atom. The van der Waals surface area contributed by atoms with E-state index in [0.29, 0.717) is 12.4 Å². The smallest absolute Gasteiger partial charge is 0.142 e. The molecule has 0 spiro atoms. The van der Waals surface area contributed by atoms with Crippen molar-refractivity contribution in [3.8, 4) is 11.5 Å². The van der Waals surface area contributed by atoms with E-state index in [1.807, 2.05) is 19.1 Å². The Labute approximate surface area is 200 Å². The molecule has 1 fully saturated rings. The molecule has 3 aromatic rings. The number of ether oxygens (including phenoxy) is 1. The molecule has 0 aromatic heterocycles. The van der Waals surface area contributed by atoms with E-state index < -0.39 is 0 Å². The van der Waals surface area contributed by atoms with Crippen molar-refractivity contribution in [3.63, 3.8) is 0 Å². The van der Waals surface area contributed by atoms with Crippen LogP contribution in [0.4, 0.5) is 17.1 Å². The number of anilines is 3. The maximum atomic E-state index is 10.6. The van der Waals surface area contributed by atoms with Crippen LogP contribution in [0.2, 0.25) is 0 Å². The fourth-order valence-corrected chi connectivity index (χ4v) is 5.89. The molecular formula is C27H31N3O2S. The Bertz CT molecular complexity index is 1100. The van der Waals surface area contributed by atoms with Crippen molar-refractivity contribution in [3.05, 3.63) is 66.7 Å². The lowest BCUT2D eigenvalue weighted by molar-refractivity contribution is 0.255. The van der Waals surface area contributed by atoms with Gasteiger partial charge in [-0.2, -0.15) is 0 Å². The number of rotatable bonds is 7. The van der Waals surface area contributed by atoms with Crippen LogP contribution < -0.4 is 14.5 Å². The predicted octanol–water partition coefficient (Wildman–Crippen LogP) is 5.61. The monoisotopic (exact) mass is 461 g/mol. The fourth-order valence-electron chi connectivity index (χ4n) is 4.76. The van der Waals surface area contributed by atoms with Gasteiger partial charge in [-0.1, -0.05) is 42.1 Å². The minimum absolute atomic E-state index is 0.357. The molecular weight excluding hydrogens is 430 g/mol. The normalized spacial score (nSPS) is 15.8. The summed E-state index contributed by atoms with van der Waals surface area (Å²) in [5.74, 6) is 1.34. The van der Waals surface area contributed by atoms with Crippen LogP contribution in [0, 0.1) is 0 Å². The van der Waals surface area contributed by atoms with Crippen molar-refractivity contribution < 1.29 is 9.84 Å². The van der Waals surface area contributed by atoms with Gasteiger partial charge in [0.1, 0.15) is 11.5 Å². The number of benzene rings is 3. The molecule has 0 radical (unpaired) electrons. The highest BCUT2D eigenvalue weighted by Gasteiger charge is 2.26. The van der Waals surface area contributed by atoms with E-state index >= 15 is 0 Å². The third kappa shape index (κ3) is 4.63. The number of piperazine rings is 1. The molecule has 0 atom stereocenters. The molecule has 2 aliphatic rings. The minimum atomic E-state index is 0.357. The van der Waals surface area contributed by atoms with Gasteiger partial charge in [0.15, 0.2) is 0 Å². The van der Waals surface area contributed by atoms with Crippen LogP contribution in [0.3, 0.4) is 0 Å². The molecule has 1 N–H and O–H groups in total. The quantitative estimate of drug-likeness (QED) is 0.493. The standard InChI is InChI=1S/C27H31N3O2S/c1-2-32-24-12-5-3-9-21(24)29-19-17-28(18-20-29)15-8-16-30-22-10-4-6-13-25(22)33-26-14-7-11-23(31)27(26)30/h3-7,9-14,31H,2,8,15-20H2,1H3. The van der Waals surface area contributed by atoms with Gasteiger partial charge in [0, 0.05) is 42.5 Å². The summed E-state index contributed by atoms with van der Waals surface area (Å²) in [4.78, 5) is 9.65. The molecule has 2 aliphatic heterocycles. The van der Waals surface area contributed by atoms with Gasteiger partial charge in [0.05, 0.1) is 23.7 Å². The minimum Gasteiger partial charge on any atom is -0.506 e. The van der Waals surface area contributed by atoms with Crippen LogP contribution in [0.5, 0.6) is 11.5 Å². The van der Waals surface area contributed by atoms with Gasteiger partial charge >= 0.3 is 0 Å². The first-order valence-corrected chi connectivity index (χ1v) is 12.6. The topological polar surface area (TPSA) is 39.2 Å². The first-order chi connectivity index (χ1) is 16.2. The molecule has 0 saturated carbocycles. The summed E-state index contributed by atoms with van der Waals surface area (Å²) >= 11 is 1.74. The van der Waals surface area contributed by atoms with Crippen molar-refractivity contribution >= 4 is 28.8 Å². The first kappa shape index (κ1) is 22.0. The van der Waals surface area contributed by atoms with Crippen LogP contribution in [-0.2, 0) is 0 Å². The van der Waals surface area contributed by atoms with Gasteiger partial charge in [-0.3, -0.25) is 4.90 Å². The van der Waals surface area contributed by atoms with Gasteiger partial charge in [-0.25, -0.2) is 0 Å². The molecule has 1 saturated heterocycles. The second-order valence-corrected chi connectivity index (χ2v) is 9.51. The second kappa shape index (κ2) is 9.98. The number of hydrogen-bond acceptors (Lipinski definition) is 6. The molecule has 0 unspecified atom stereocenters. The lowest BCUT2D eigenvalue weighted by atomic mass is 10.2. The highest BCUT2D eigenvalue weighted by Crippen LogP contribution is 2.51. The SMILES string of the molecule is CCOc1ccccc1N1CCN(CCCN2c3ccccc3Sc3cccc(O)c32)CC1. The van der Waals surface area contributed by atoms with Gasteiger partial charge in [-0.15, -0.1) is 0 Å². The van der Waals surface area contributed by atoms with Crippen LogP contribution >= 0.6 is 11.8 Å². The maximum Gasteiger partial charge on any atom is 0.142 e. The third-order valence-electron chi connectivity index (χ3n) is 6.36. The summed E-state index contributed by atoms with van der Waals surface area (Å²) in [6.45, 7) is 8.78. The molecule has 0 amide bonds. The Morgan fingerprint density at radius 2 is 1.55 bits per heavy atom. The molecule has 5 nitrogen and oxygen atoms in total. The van der Waals surface area contributed by atoms with Gasteiger partial charge < -0.3 is 19.6 Å². The lowest BCUT2D eigenvalue weighted by Crippen LogP contribution is -2.47. The highest BCUT2D eigenvalue weighted by molar-refractivity contribution is 7.99. The Morgan fingerprint density at radius 3 is 2.36 bits per heavy atom. The van der Waals surface area contributed by atoms with E-state index in [4.69, 9.17) is 4.74 Å². The number of nitrogens with zero attached hydrogens (tertiary/aromatic N) is 3. The molecule has 0 bridgehead atoms. The summed E-state index contributed by atoms with van der Waals surface area (Å²) in [7, 11) is 0. The molecule has 5 rings (SSSR count). The van der Waals surface area contributed by atoms with E-state index in [0.717, 1.165) is 62.0 Å². The number of phenols is 1. The van der Waals surface area contributed by atoms with Gasteiger partial charge in [-0.05, 0) is 56.3 Å². The van der Waals surface area contributed by atoms with Crippen molar-refractivity contribution in [2.75, 3.05) is 55.7 Å². The van der Waals surface area contributed by atoms with Crippen molar-refractivity contribution in [1.82, 2.24) is 4.90 Å². The van der Waals surface area contributed by atoms with E-state index in [9.17, 15) is 5.11 Å². The van der Waals surface area contributed by atoms with Crippen LogP contribution in [-0.4, -0.2) is 55.9 Å². The maximum absolute atomic E-state index is 10.6. The summed E-state index contributed by atoms with van der Waals surface area (Å²) in [6, 6.07) is 22.7. The Balaban J connectivity index is 1.21. The van der Waals surface area contributed by atoms with Gasteiger partial charge in [0.2, 0.25) is 0 Å². The molecule has 2 heterocycles. The zero-order chi connectivity index (χ0) is 22.6. The van der Waals surface area contributed by atoms with E-state index in [2.05, 4.69) is 63.2 Å². The first-order valence-electron chi connectivity index (χ1n) is 11.8. The van der Waals surface area contributed by atoms with E-state index in [1.54, 1.807) is 17.8 Å². The molecule has 172 valence electrons. The average molecular weight is 462 g/mol. The third-order valence-corrected chi connectivity index (χ3v) is 7.47. The van der Waals surface area contributed by atoms with E-state index in [-0.39, 0.29) is 0 Å². The largest absolute Gasteiger partial charge is 0.506 e. The zero-order valence-electron chi connectivity index (χ0n) is 19.1. The number of aromatic hydroxyl groups is 1. The fraction of sp³-hybridized carbons (Fsp3) is 0.333. The Kier molecular flexibility index (Phi) is 6.65. The van der Waals surface area contributed by atoms with Gasteiger partial charge in [0.25, 0.3) is 0 Å². The van der Waals surface area contributed by atoms with Crippen molar-refractivity contribution in [2.24, 2.45) is 0 Å². The Hall–Kier alpha value is -2.83. The molecule has 33 heavy (non-hydrogen) atoms. The molecule has 3 aromatic carbocycles. The van der Waals surface area contributed by atoms with Crippen LogP contribution in [0.15, 0.2) is 76.5 Å². The number of phenolic OH excluding ortho intramolecular Hbond substituents is 1. The number of hydrogen-bond donors (Lipinski definition) is 1. The van der Waals surface area contributed by atoms with Crippen LogP contribution in [0.1, 0.15) is 13.3 Å². The zero-order valence-corrected chi connectivity index (χ0v) is 19.9. The summed E-state index contributed by atoms with van der Waals surface area (Å²) < 4.78 is 5.83. The summed E-state index contributed by atoms with van der Waals surface area (Å²) in [6.07, 6.45) is 1.04. The van der Waals surface area contributed by atoms with Crippen molar-refractivity contribution in [2.45, 2.75) is 23.1 Å². The molecule has 0 aliphatic carbocycles. The lowest BCUT2D eigenvalue weighted by Gasteiger charge is -2.37. The number of para-hydroxylation sites is 4. The average Bonchev–Trinajstić information content (AvgIpc) is 2.85. The van der Waals surface area contributed by atoms with E-state index in [1.165, 1.54) is 16.3 Å². The summed E-state index contributed by atoms with van der Waals surface area (Å²) in [5, 5.41) is 10.6.